The number of fused-ring (bicyclic) bond motifs is 11. The van der Waals surface area contributed by atoms with Crippen molar-refractivity contribution < 1.29 is 0 Å². The zero-order valence-electron chi connectivity index (χ0n) is 27.9. The van der Waals surface area contributed by atoms with Gasteiger partial charge in [0.2, 0.25) is 0 Å². The molecule has 240 valence electrons. The van der Waals surface area contributed by atoms with Crippen molar-refractivity contribution in [1.29, 1.82) is 0 Å². The fourth-order valence-electron chi connectivity index (χ4n) is 7.84. The molecule has 0 amide bonds. The summed E-state index contributed by atoms with van der Waals surface area (Å²) >= 11 is 0. The number of nitrogens with zero attached hydrogens (tertiary/aromatic N) is 4. The van der Waals surface area contributed by atoms with Crippen LogP contribution in [0.3, 0.4) is 0 Å². The van der Waals surface area contributed by atoms with E-state index in [4.69, 9.17) is 4.99 Å². The van der Waals surface area contributed by atoms with Gasteiger partial charge in [-0.1, -0.05) is 127 Å². The number of rotatable bonds is 5. The summed E-state index contributed by atoms with van der Waals surface area (Å²) in [6.07, 6.45) is 0. The molecule has 0 saturated heterocycles. The van der Waals surface area contributed by atoms with Crippen LogP contribution in [-0.4, -0.2) is 21.5 Å². The molecule has 3 heterocycles. The van der Waals surface area contributed by atoms with Gasteiger partial charge in [-0.25, -0.2) is 4.99 Å². The minimum absolute atomic E-state index is 0.570. The topological polar surface area (TPSA) is 34.1 Å². The lowest BCUT2D eigenvalue weighted by Gasteiger charge is -2.11. The first kappa shape index (κ1) is 29.2. The molecule has 3 aromatic heterocycles. The molecule has 0 fully saturated rings. The molecule has 0 unspecified atom stereocenters. The number of amidine groups is 1. The van der Waals surface area contributed by atoms with E-state index in [9.17, 15) is 0 Å². The van der Waals surface area contributed by atoms with E-state index in [1.165, 1.54) is 59.9 Å². The van der Waals surface area contributed by atoms with Crippen LogP contribution < -0.4 is 0 Å². The van der Waals surface area contributed by atoms with Gasteiger partial charge in [0.05, 0.1) is 34.1 Å². The van der Waals surface area contributed by atoms with E-state index >= 15 is 0 Å². The Balaban J connectivity index is 1.08. The smallest absolute Gasteiger partial charge is 0.154 e. The fourth-order valence-corrected chi connectivity index (χ4v) is 7.84. The Morgan fingerprint density at radius 3 is 1.76 bits per heavy atom. The molecule has 0 bridgehead atoms. The van der Waals surface area contributed by atoms with Gasteiger partial charge in [-0.15, -0.1) is 0 Å². The minimum atomic E-state index is 0.570. The lowest BCUT2D eigenvalue weighted by Crippen LogP contribution is -1.98. The third kappa shape index (κ3) is 4.68. The van der Waals surface area contributed by atoms with E-state index in [0.29, 0.717) is 12.4 Å². The van der Waals surface area contributed by atoms with E-state index < -0.39 is 0 Å². The van der Waals surface area contributed by atoms with Crippen molar-refractivity contribution in [3.63, 3.8) is 0 Å². The number of para-hydroxylation sites is 2. The lowest BCUT2D eigenvalue weighted by atomic mass is 10.0. The van der Waals surface area contributed by atoms with Crippen molar-refractivity contribution in [2.75, 3.05) is 0 Å². The van der Waals surface area contributed by atoms with Crippen molar-refractivity contribution in [3.05, 3.63) is 181 Å². The highest BCUT2D eigenvalue weighted by Crippen LogP contribution is 2.39. The Bertz CT molecular complexity index is 2980. The van der Waals surface area contributed by atoms with Crippen molar-refractivity contribution >= 4 is 72.5 Å². The number of aliphatic imine (C=N–C) groups is 2. The van der Waals surface area contributed by atoms with Crippen LogP contribution in [0, 0.1) is 0 Å². The summed E-state index contributed by atoms with van der Waals surface area (Å²) in [6.45, 7) is 4.35. The van der Waals surface area contributed by atoms with Crippen LogP contribution in [0.2, 0.25) is 0 Å². The van der Waals surface area contributed by atoms with Gasteiger partial charge in [0.25, 0.3) is 0 Å². The number of hydrogen-bond donors (Lipinski definition) is 0. The number of benzene rings is 7. The third-order valence-corrected chi connectivity index (χ3v) is 10.2. The summed E-state index contributed by atoms with van der Waals surface area (Å²) in [5, 5.41) is 7.56. The van der Waals surface area contributed by atoms with Gasteiger partial charge < -0.3 is 8.97 Å². The fraction of sp³-hybridized carbons (Fsp3) is 0.0213. The first-order chi connectivity index (χ1) is 25.2. The highest BCUT2D eigenvalue weighted by molar-refractivity contribution is 6.19. The highest BCUT2D eigenvalue weighted by Gasteiger charge is 2.17. The first-order valence-electron chi connectivity index (χ1n) is 17.3. The minimum Gasteiger partial charge on any atom is -0.309 e. The number of aromatic nitrogens is 2. The van der Waals surface area contributed by atoms with Gasteiger partial charge in [-0.05, 0) is 71.3 Å². The van der Waals surface area contributed by atoms with Gasteiger partial charge in [0, 0.05) is 38.2 Å². The van der Waals surface area contributed by atoms with Gasteiger partial charge >= 0.3 is 0 Å². The van der Waals surface area contributed by atoms with Gasteiger partial charge in [-0.2, -0.15) is 0 Å². The van der Waals surface area contributed by atoms with E-state index in [-0.39, 0.29) is 0 Å². The molecule has 0 saturated carbocycles. The third-order valence-electron chi connectivity index (χ3n) is 10.2. The molecule has 7 aromatic carbocycles. The van der Waals surface area contributed by atoms with Gasteiger partial charge in [0.1, 0.15) is 0 Å². The second kappa shape index (κ2) is 11.7. The van der Waals surface area contributed by atoms with Crippen molar-refractivity contribution in [2.24, 2.45) is 9.98 Å². The summed E-state index contributed by atoms with van der Waals surface area (Å²) < 4.78 is 4.85. The molecule has 0 N–H and O–H groups in total. The standard InChI is InChI=1S/C47H32N4/c1-48-47(49-30-31-11-3-2-4-12-31)34-21-19-32(20-22-34)33-23-25-36(26-24-33)50-42-17-9-8-16-40(42)41-27-35-28-45-39-15-6-5-13-37(39)38-14-7-10-18-43(38)51(45)44(35)29-46(41)50/h2-29H,1,30H2. The summed E-state index contributed by atoms with van der Waals surface area (Å²) in [6, 6.07) is 60.9. The van der Waals surface area contributed by atoms with Crippen LogP contribution in [0.4, 0.5) is 0 Å². The second-order valence-corrected chi connectivity index (χ2v) is 13.1. The predicted octanol–water partition coefficient (Wildman–Crippen LogP) is 11.8. The Hall–Kier alpha value is -6.78. The van der Waals surface area contributed by atoms with Crippen LogP contribution >= 0.6 is 0 Å². The Morgan fingerprint density at radius 1 is 0.471 bits per heavy atom. The number of pyridine rings is 1. The summed E-state index contributed by atoms with van der Waals surface area (Å²) in [7, 11) is 0. The molecule has 0 radical (unpaired) electrons. The normalized spacial score (nSPS) is 12.2. The van der Waals surface area contributed by atoms with Gasteiger partial charge in [0.15, 0.2) is 5.84 Å². The van der Waals surface area contributed by atoms with Crippen LogP contribution in [-0.2, 0) is 6.54 Å². The predicted molar refractivity (Wildman–Crippen MR) is 216 cm³/mol. The molecule has 10 rings (SSSR count). The monoisotopic (exact) mass is 652 g/mol. The molecule has 0 aliphatic carbocycles. The molecule has 0 aliphatic heterocycles. The van der Waals surface area contributed by atoms with Crippen molar-refractivity contribution in [1.82, 2.24) is 8.97 Å². The molecule has 0 aliphatic rings. The largest absolute Gasteiger partial charge is 0.309 e. The molecule has 10 aromatic rings. The number of hydrogen-bond acceptors (Lipinski definition) is 1. The highest BCUT2D eigenvalue weighted by atomic mass is 15.0. The van der Waals surface area contributed by atoms with Crippen molar-refractivity contribution in [3.8, 4) is 16.8 Å². The van der Waals surface area contributed by atoms with Gasteiger partial charge in [-0.3, -0.25) is 4.99 Å². The van der Waals surface area contributed by atoms with E-state index in [2.05, 4.69) is 172 Å². The maximum Gasteiger partial charge on any atom is 0.154 e. The molecular formula is C47H32N4. The van der Waals surface area contributed by atoms with Crippen LogP contribution in [0.5, 0.6) is 0 Å². The first-order valence-corrected chi connectivity index (χ1v) is 17.3. The average Bonchev–Trinajstić information content (AvgIpc) is 3.74. The summed E-state index contributed by atoms with van der Waals surface area (Å²) in [5.74, 6) is 0.651. The zero-order valence-corrected chi connectivity index (χ0v) is 27.9. The molecule has 0 spiro atoms. The van der Waals surface area contributed by atoms with Crippen LogP contribution in [0.1, 0.15) is 11.1 Å². The molecule has 4 nitrogen and oxygen atoms in total. The van der Waals surface area contributed by atoms with E-state index in [1.54, 1.807) is 0 Å². The summed E-state index contributed by atoms with van der Waals surface area (Å²) in [4.78, 5) is 8.94. The van der Waals surface area contributed by atoms with Crippen molar-refractivity contribution in [2.45, 2.75) is 6.54 Å². The lowest BCUT2D eigenvalue weighted by molar-refractivity contribution is 1.06. The average molecular weight is 653 g/mol. The van der Waals surface area contributed by atoms with E-state index in [1.807, 2.05) is 18.2 Å². The zero-order chi connectivity index (χ0) is 33.9. The van der Waals surface area contributed by atoms with Crippen LogP contribution in [0.25, 0.3) is 76.7 Å². The maximum absolute atomic E-state index is 4.72. The SMILES string of the molecule is C=NC(=NCc1ccccc1)c1ccc(-c2ccc(-n3c4ccccc4c4cc5cc6c7ccccc7c7ccccc7n6c5cc43)cc2)cc1. The molecule has 4 heteroatoms. The second-order valence-electron chi connectivity index (χ2n) is 13.1. The van der Waals surface area contributed by atoms with Crippen LogP contribution in [0.15, 0.2) is 180 Å². The maximum atomic E-state index is 4.72. The van der Waals surface area contributed by atoms with E-state index in [0.717, 1.165) is 27.9 Å². The molecular weight excluding hydrogens is 621 g/mol. The molecule has 51 heavy (non-hydrogen) atoms. The quantitative estimate of drug-likeness (QED) is 0.101. The summed E-state index contributed by atoms with van der Waals surface area (Å²) in [5.41, 5.74) is 11.6. The Kier molecular flexibility index (Phi) is 6.68. The Labute approximate surface area is 294 Å². The Morgan fingerprint density at radius 2 is 1.06 bits per heavy atom. The molecule has 0 atom stereocenters.